The van der Waals surface area contributed by atoms with Crippen LogP contribution < -0.4 is 11.1 Å². The van der Waals surface area contributed by atoms with Crippen LogP contribution in [0.15, 0.2) is 18.5 Å². The van der Waals surface area contributed by atoms with Crippen LogP contribution in [0.1, 0.15) is 56.2 Å². The minimum Gasteiger partial charge on any atom is -0.355 e. The molecular weight excluding hydrogens is 438 g/mol. The summed E-state index contributed by atoms with van der Waals surface area (Å²) < 4.78 is 55.0. The first kappa shape index (κ1) is 21.3. The molecule has 0 radical (unpaired) electrons. The molecule has 4 aliphatic rings. The van der Waals surface area contributed by atoms with Gasteiger partial charge in [0, 0.05) is 37.1 Å². The highest BCUT2D eigenvalue weighted by Gasteiger charge is 2.81. The summed E-state index contributed by atoms with van der Waals surface area (Å²) in [5, 5.41) is 7.39. The average Bonchev–Trinajstić information content (AvgIpc) is 3.42. The largest absolute Gasteiger partial charge is 0.355 e. The van der Waals surface area contributed by atoms with E-state index >= 15 is 0 Å². The molecule has 3 atom stereocenters. The lowest BCUT2D eigenvalue weighted by Crippen LogP contribution is -2.40. The van der Waals surface area contributed by atoms with E-state index < -0.39 is 23.3 Å². The summed E-state index contributed by atoms with van der Waals surface area (Å²) in [5.74, 6) is -6.36. The predicted molar refractivity (Wildman–Crippen MR) is 111 cm³/mol. The first-order valence-electron chi connectivity index (χ1n) is 11.7. The number of hydrogen-bond donors (Lipinski definition) is 2. The molecule has 6 rings (SSSR count). The zero-order valence-electron chi connectivity index (χ0n) is 18.2. The summed E-state index contributed by atoms with van der Waals surface area (Å²) in [7, 11) is 0. The highest BCUT2D eigenvalue weighted by atomic mass is 19.3. The molecule has 4 fully saturated rings. The molecule has 3 N–H and O–H groups in total. The number of alkyl halides is 4. The monoisotopic (exact) mass is 465 g/mol. The molecule has 0 saturated heterocycles. The first-order chi connectivity index (χ1) is 15.5. The van der Waals surface area contributed by atoms with E-state index in [4.69, 9.17) is 5.73 Å². The number of halogens is 4. The number of carbonyl (C=O) groups excluding carboxylic acids is 1. The van der Waals surface area contributed by atoms with Crippen molar-refractivity contribution in [1.82, 2.24) is 19.9 Å². The Morgan fingerprint density at radius 1 is 1.18 bits per heavy atom. The van der Waals surface area contributed by atoms with Gasteiger partial charge in [-0.2, -0.15) is 5.10 Å². The number of carbonyl (C=O) groups is 1. The van der Waals surface area contributed by atoms with E-state index in [2.05, 4.69) is 15.4 Å². The fraction of sp³-hybridized carbons (Fsp3) is 0.696. The third kappa shape index (κ3) is 3.43. The normalized spacial score (nSPS) is 32.9. The van der Waals surface area contributed by atoms with Crippen molar-refractivity contribution in [3.05, 3.63) is 29.7 Å². The van der Waals surface area contributed by atoms with Gasteiger partial charge in [-0.25, -0.2) is 27.1 Å². The molecule has 10 heteroatoms. The molecule has 33 heavy (non-hydrogen) atoms. The summed E-state index contributed by atoms with van der Waals surface area (Å²) in [6.45, 7) is 0.455. The maximum atomic E-state index is 13.7. The van der Waals surface area contributed by atoms with Crippen molar-refractivity contribution < 1.29 is 22.4 Å². The summed E-state index contributed by atoms with van der Waals surface area (Å²) in [5.41, 5.74) is 6.84. The van der Waals surface area contributed by atoms with E-state index in [0.717, 1.165) is 24.1 Å². The molecule has 2 aromatic rings. The zero-order chi connectivity index (χ0) is 23.2. The second-order valence-electron chi connectivity index (χ2n) is 10.9. The summed E-state index contributed by atoms with van der Waals surface area (Å²) in [6.07, 6.45) is 6.53. The Hall–Kier alpha value is -2.23. The molecule has 0 spiro atoms. The van der Waals surface area contributed by atoms with Gasteiger partial charge in [0.1, 0.15) is 0 Å². The highest BCUT2D eigenvalue weighted by molar-refractivity contribution is 5.76. The Bertz CT molecular complexity index is 1120. The van der Waals surface area contributed by atoms with Crippen LogP contribution in [0.4, 0.5) is 17.6 Å². The van der Waals surface area contributed by atoms with Crippen molar-refractivity contribution in [1.29, 1.82) is 0 Å². The van der Waals surface area contributed by atoms with Gasteiger partial charge >= 0.3 is 0 Å². The molecule has 0 aromatic carbocycles. The van der Waals surface area contributed by atoms with Gasteiger partial charge < -0.3 is 11.1 Å². The number of hydrogen-bond acceptors (Lipinski definition) is 4. The topological polar surface area (TPSA) is 85.3 Å². The number of imidazole rings is 1. The molecule has 6 nitrogen and oxygen atoms in total. The number of fused-ring (bicyclic) bond motifs is 2. The van der Waals surface area contributed by atoms with Gasteiger partial charge in [-0.3, -0.25) is 4.79 Å². The lowest BCUT2D eigenvalue weighted by atomic mass is 9.79. The lowest BCUT2D eigenvalue weighted by molar-refractivity contribution is -0.133. The summed E-state index contributed by atoms with van der Waals surface area (Å²) >= 11 is 0. The fourth-order valence-electron chi connectivity index (χ4n) is 6.10. The van der Waals surface area contributed by atoms with E-state index in [-0.39, 0.29) is 42.4 Å². The number of nitrogens with zero attached hydrogens (tertiary/aromatic N) is 3. The third-order valence-corrected chi connectivity index (χ3v) is 8.40. The van der Waals surface area contributed by atoms with Crippen LogP contribution in [0, 0.1) is 17.8 Å². The van der Waals surface area contributed by atoms with Crippen LogP contribution in [-0.4, -0.2) is 44.4 Å². The molecular formula is C23H27F4N5O. The van der Waals surface area contributed by atoms with E-state index in [0.29, 0.717) is 31.5 Å². The molecule has 0 aliphatic heterocycles. The van der Waals surface area contributed by atoms with Crippen molar-refractivity contribution in [3.63, 3.8) is 0 Å². The number of amides is 1. The van der Waals surface area contributed by atoms with Crippen LogP contribution in [0.25, 0.3) is 5.65 Å². The van der Waals surface area contributed by atoms with Gasteiger partial charge in [0.15, 0.2) is 5.65 Å². The van der Waals surface area contributed by atoms with Crippen LogP contribution in [0.5, 0.6) is 0 Å². The number of nitrogens with one attached hydrogen (secondary N) is 1. The van der Waals surface area contributed by atoms with Gasteiger partial charge in [0.2, 0.25) is 11.8 Å². The van der Waals surface area contributed by atoms with Crippen molar-refractivity contribution >= 4 is 11.6 Å². The van der Waals surface area contributed by atoms with Crippen LogP contribution in [0.3, 0.4) is 0 Å². The van der Waals surface area contributed by atoms with Gasteiger partial charge in [-0.15, -0.1) is 0 Å². The van der Waals surface area contributed by atoms with E-state index in [1.807, 2.05) is 12.3 Å². The molecule has 0 unspecified atom stereocenters. The third-order valence-electron chi connectivity index (χ3n) is 8.40. The van der Waals surface area contributed by atoms with Gasteiger partial charge in [-0.05, 0) is 55.6 Å². The minimum absolute atomic E-state index is 0.101. The average molecular weight is 465 g/mol. The maximum Gasteiger partial charge on any atom is 0.270 e. The summed E-state index contributed by atoms with van der Waals surface area (Å²) in [6, 6.07) is 1.97. The SMILES string of the molecule is N[C@]12C[C@H](Cc3cn4ncc(C5(CNC(=O)CC6CC(F)(F)C6)CC5)cc4n3)C[C@H]1C2(F)F. The first-order valence-corrected chi connectivity index (χ1v) is 11.7. The standard InChI is InChI=1S/C23H27F4N5O/c24-21(25)7-14(8-21)5-19(33)29-12-20(1-2-20)15-6-18-31-16(11-32(18)30-10-15)3-13-4-17-22(28,9-13)23(17,26)27/h6,10-11,13-14,17H,1-5,7-9,12,28H2,(H,29,33)/t13-,17-,22-/m1/s1. The number of nitrogens with two attached hydrogens (primary N) is 1. The highest BCUT2D eigenvalue weighted by Crippen LogP contribution is 2.67. The van der Waals surface area contributed by atoms with Crippen molar-refractivity contribution in [3.8, 4) is 0 Å². The Kier molecular flexibility index (Phi) is 4.31. The molecule has 2 aromatic heterocycles. The Labute approximate surface area is 188 Å². The van der Waals surface area contributed by atoms with Crippen LogP contribution in [-0.2, 0) is 16.6 Å². The predicted octanol–water partition coefficient (Wildman–Crippen LogP) is 3.23. The number of rotatable bonds is 7. The van der Waals surface area contributed by atoms with E-state index in [1.165, 1.54) is 0 Å². The molecule has 178 valence electrons. The van der Waals surface area contributed by atoms with Crippen molar-refractivity contribution in [2.45, 2.75) is 74.2 Å². The van der Waals surface area contributed by atoms with Gasteiger partial charge in [0.05, 0.1) is 23.6 Å². The fourth-order valence-corrected chi connectivity index (χ4v) is 6.10. The van der Waals surface area contributed by atoms with E-state index in [1.54, 1.807) is 10.7 Å². The number of aromatic nitrogens is 3. The Morgan fingerprint density at radius 2 is 1.94 bits per heavy atom. The maximum absolute atomic E-state index is 13.7. The van der Waals surface area contributed by atoms with Crippen LogP contribution in [0.2, 0.25) is 0 Å². The van der Waals surface area contributed by atoms with Gasteiger partial charge in [0.25, 0.3) is 5.92 Å². The molecule has 0 bridgehead atoms. The quantitative estimate of drug-likeness (QED) is 0.615. The minimum atomic E-state index is -2.73. The molecule has 4 aliphatic carbocycles. The molecule has 2 heterocycles. The Balaban J connectivity index is 1.07. The molecule has 1 amide bonds. The van der Waals surface area contributed by atoms with Gasteiger partial charge in [-0.1, -0.05) is 0 Å². The Morgan fingerprint density at radius 3 is 2.58 bits per heavy atom. The second-order valence-corrected chi connectivity index (χ2v) is 10.9. The van der Waals surface area contributed by atoms with E-state index in [9.17, 15) is 22.4 Å². The zero-order valence-corrected chi connectivity index (χ0v) is 18.2. The lowest BCUT2D eigenvalue weighted by Gasteiger charge is -2.34. The summed E-state index contributed by atoms with van der Waals surface area (Å²) in [4.78, 5) is 16.8. The second kappa shape index (κ2) is 6.67. The van der Waals surface area contributed by atoms with Crippen molar-refractivity contribution in [2.75, 3.05) is 6.54 Å². The van der Waals surface area contributed by atoms with Crippen molar-refractivity contribution in [2.24, 2.45) is 23.5 Å². The molecule has 4 saturated carbocycles. The van der Waals surface area contributed by atoms with Crippen LogP contribution >= 0.6 is 0 Å². The smallest absolute Gasteiger partial charge is 0.270 e.